The number of likely N-dealkylation sites (N-methyl/N-ethyl adjacent to an activating group) is 1. The van der Waals surface area contributed by atoms with Gasteiger partial charge in [-0.1, -0.05) is 26.8 Å². The summed E-state index contributed by atoms with van der Waals surface area (Å²) in [4.78, 5) is 0. The average molecular weight is 182 g/mol. The Hall–Kier alpha value is -0.340. The number of hydrogen-bond donors (Lipinski definition) is 2. The summed E-state index contributed by atoms with van der Waals surface area (Å²) in [5.41, 5.74) is 1.53. The molecule has 0 spiro atoms. The van der Waals surface area contributed by atoms with Gasteiger partial charge in [0.1, 0.15) is 0 Å². The van der Waals surface area contributed by atoms with E-state index in [1.165, 1.54) is 12.0 Å². The van der Waals surface area contributed by atoms with E-state index in [4.69, 9.17) is 0 Å². The smallest absolute Gasteiger partial charge is 0.0794 e. The van der Waals surface area contributed by atoms with Gasteiger partial charge in [-0.2, -0.15) is 0 Å². The Bertz CT molecular complexity index is 187. The lowest BCUT2D eigenvalue weighted by Gasteiger charge is -2.31. The quantitative estimate of drug-likeness (QED) is 0.650. The van der Waals surface area contributed by atoms with E-state index in [1.54, 1.807) is 0 Å². The Morgan fingerprint density at radius 2 is 2.38 bits per heavy atom. The fraction of sp³-hybridized carbons (Fsp3) is 0.818. The molecule has 0 amide bonds. The van der Waals surface area contributed by atoms with Crippen LogP contribution in [0.2, 0.25) is 0 Å². The minimum atomic E-state index is 0.395. The molecule has 0 aliphatic carbocycles. The third-order valence-electron chi connectivity index (χ3n) is 2.92. The van der Waals surface area contributed by atoms with Crippen molar-refractivity contribution < 1.29 is 0 Å². The Morgan fingerprint density at radius 1 is 1.69 bits per heavy atom. The molecule has 2 heteroatoms. The van der Waals surface area contributed by atoms with Crippen LogP contribution in [0.15, 0.2) is 11.6 Å². The highest BCUT2D eigenvalue weighted by Crippen LogP contribution is 2.21. The van der Waals surface area contributed by atoms with Crippen molar-refractivity contribution in [2.45, 2.75) is 33.4 Å². The van der Waals surface area contributed by atoms with Crippen molar-refractivity contribution in [1.29, 1.82) is 0 Å². The molecule has 1 rings (SSSR count). The zero-order chi connectivity index (χ0) is 9.84. The lowest BCUT2D eigenvalue weighted by atomic mass is 9.90. The van der Waals surface area contributed by atoms with Crippen LogP contribution in [0.1, 0.15) is 27.2 Å². The summed E-state index contributed by atoms with van der Waals surface area (Å²) in [5, 5.41) is 6.81. The van der Waals surface area contributed by atoms with Crippen LogP contribution >= 0.6 is 0 Å². The van der Waals surface area contributed by atoms with Gasteiger partial charge in [-0.05, 0) is 30.9 Å². The topological polar surface area (TPSA) is 24.1 Å². The first-order chi connectivity index (χ1) is 6.19. The van der Waals surface area contributed by atoms with Crippen LogP contribution in [-0.2, 0) is 0 Å². The normalized spacial score (nSPS) is 31.2. The first-order valence-corrected chi connectivity index (χ1v) is 5.31. The van der Waals surface area contributed by atoms with Gasteiger partial charge in [0, 0.05) is 6.54 Å². The maximum Gasteiger partial charge on any atom is 0.0794 e. The maximum absolute atomic E-state index is 3.50. The van der Waals surface area contributed by atoms with Gasteiger partial charge in [0.05, 0.1) is 6.17 Å². The highest BCUT2D eigenvalue weighted by Gasteiger charge is 2.21. The maximum atomic E-state index is 3.50. The average Bonchev–Trinajstić information content (AvgIpc) is 2.16. The second-order valence-corrected chi connectivity index (χ2v) is 4.08. The van der Waals surface area contributed by atoms with Crippen molar-refractivity contribution in [1.82, 2.24) is 10.6 Å². The van der Waals surface area contributed by atoms with Gasteiger partial charge in [-0.25, -0.2) is 0 Å². The van der Waals surface area contributed by atoms with Crippen molar-refractivity contribution in [3.63, 3.8) is 0 Å². The van der Waals surface area contributed by atoms with E-state index in [0.29, 0.717) is 18.0 Å². The van der Waals surface area contributed by atoms with Crippen molar-refractivity contribution in [2.24, 2.45) is 11.8 Å². The highest BCUT2D eigenvalue weighted by molar-refractivity contribution is 5.17. The Morgan fingerprint density at radius 3 is 2.92 bits per heavy atom. The van der Waals surface area contributed by atoms with Crippen LogP contribution in [0.5, 0.6) is 0 Å². The lowest BCUT2D eigenvalue weighted by molar-refractivity contribution is 0.407. The van der Waals surface area contributed by atoms with E-state index >= 15 is 0 Å². The van der Waals surface area contributed by atoms with Crippen LogP contribution in [0, 0.1) is 11.8 Å². The molecule has 0 radical (unpaired) electrons. The second-order valence-electron chi connectivity index (χ2n) is 4.08. The molecule has 13 heavy (non-hydrogen) atoms. The van der Waals surface area contributed by atoms with Gasteiger partial charge in [0.2, 0.25) is 0 Å². The predicted octanol–water partition coefficient (Wildman–Crippen LogP) is 1.74. The molecule has 3 unspecified atom stereocenters. The zero-order valence-electron chi connectivity index (χ0n) is 9.22. The highest BCUT2D eigenvalue weighted by atomic mass is 15.1. The van der Waals surface area contributed by atoms with Crippen LogP contribution in [0.3, 0.4) is 0 Å². The standard InChI is InChI=1S/C11H22N2/c1-5-9(3)10-6-8(2)7-13-11(10)12-4/h6,8-9,11-13H,5,7H2,1-4H3. The molecule has 0 bridgehead atoms. The van der Waals surface area contributed by atoms with E-state index in [1.807, 2.05) is 7.05 Å². The van der Waals surface area contributed by atoms with Crippen LogP contribution in [0.4, 0.5) is 0 Å². The summed E-state index contributed by atoms with van der Waals surface area (Å²) in [6, 6.07) is 0. The van der Waals surface area contributed by atoms with Gasteiger partial charge < -0.3 is 5.32 Å². The lowest BCUT2D eigenvalue weighted by Crippen LogP contribution is -2.47. The summed E-state index contributed by atoms with van der Waals surface area (Å²) in [7, 11) is 2.02. The molecule has 0 aromatic rings. The molecule has 3 atom stereocenters. The first kappa shape index (κ1) is 10.7. The van der Waals surface area contributed by atoms with E-state index < -0.39 is 0 Å². The SMILES string of the molecule is CCC(C)C1=CC(C)CNC1NC. The largest absolute Gasteiger partial charge is 0.301 e. The minimum absolute atomic E-state index is 0.395. The third kappa shape index (κ3) is 2.55. The third-order valence-corrected chi connectivity index (χ3v) is 2.92. The van der Waals surface area contributed by atoms with E-state index in [2.05, 4.69) is 37.5 Å². The number of rotatable bonds is 3. The number of nitrogens with one attached hydrogen (secondary N) is 2. The van der Waals surface area contributed by atoms with Crippen LogP contribution in [0.25, 0.3) is 0 Å². The van der Waals surface area contributed by atoms with Gasteiger partial charge in [-0.15, -0.1) is 0 Å². The minimum Gasteiger partial charge on any atom is -0.301 e. The Kier molecular flexibility index (Phi) is 3.94. The monoisotopic (exact) mass is 182 g/mol. The summed E-state index contributed by atoms with van der Waals surface area (Å²) >= 11 is 0. The molecule has 0 saturated carbocycles. The Balaban J connectivity index is 2.73. The molecule has 1 aliphatic heterocycles. The Labute approximate surface area is 81.8 Å². The van der Waals surface area contributed by atoms with E-state index in [-0.39, 0.29) is 0 Å². The predicted molar refractivity (Wildman–Crippen MR) is 57.6 cm³/mol. The summed E-state index contributed by atoms with van der Waals surface area (Å²) in [5.74, 6) is 1.36. The molecule has 0 fully saturated rings. The summed E-state index contributed by atoms with van der Waals surface area (Å²) in [6.07, 6.45) is 4.04. The summed E-state index contributed by atoms with van der Waals surface area (Å²) < 4.78 is 0. The molecule has 1 aliphatic rings. The second kappa shape index (κ2) is 4.77. The zero-order valence-corrected chi connectivity index (χ0v) is 9.22. The fourth-order valence-electron chi connectivity index (χ4n) is 1.86. The van der Waals surface area contributed by atoms with Gasteiger partial charge in [0.15, 0.2) is 0 Å². The molecule has 1 heterocycles. The molecular formula is C11H22N2. The molecule has 0 saturated heterocycles. The van der Waals surface area contributed by atoms with Crippen molar-refractivity contribution in [2.75, 3.05) is 13.6 Å². The molecule has 0 aromatic carbocycles. The summed E-state index contributed by atoms with van der Waals surface area (Å²) in [6.45, 7) is 7.90. The van der Waals surface area contributed by atoms with Crippen molar-refractivity contribution in [3.05, 3.63) is 11.6 Å². The fourth-order valence-corrected chi connectivity index (χ4v) is 1.86. The van der Waals surface area contributed by atoms with E-state index in [0.717, 1.165) is 6.54 Å². The van der Waals surface area contributed by atoms with Gasteiger partial charge >= 0.3 is 0 Å². The molecular weight excluding hydrogens is 160 g/mol. The molecule has 0 aromatic heterocycles. The van der Waals surface area contributed by atoms with Gasteiger partial charge in [-0.3, -0.25) is 5.32 Å². The molecule has 2 N–H and O–H groups in total. The van der Waals surface area contributed by atoms with Crippen LogP contribution < -0.4 is 10.6 Å². The van der Waals surface area contributed by atoms with Crippen molar-refractivity contribution >= 4 is 0 Å². The molecule has 76 valence electrons. The van der Waals surface area contributed by atoms with Gasteiger partial charge in [0.25, 0.3) is 0 Å². The van der Waals surface area contributed by atoms with Crippen LogP contribution in [-0.4, -0.2) is 19.8 Å². The van der Waals surface area contributed by atoms with Crippen molar-refractivity contribution in [3.8, 4) is 0 Å². The van der Waals surface area contributed by atoms with E-state index in [9.17, 15) is 0 Å². The molecule has 2 nitrogen and oxygen atoms in total. The number of hydrogen-bond acceptors (Lipinski definition) is 2. The first-order valence-electron chi connectivity index (χ1n) is 5.31.